The van der Waals surface area contributed by atoms with Crippen molar-refractivity contribution in [2.45, 2.75) is 43.5 Å². The molecule has 0 saturated carbocycles. The van der Waals surface area contributed by atoms with Crippen LogP contribution in [0.4, 0.5) is 4.79 Å². The first-order valence-corrected chi connectivity index (χ1v) is 10.5. The van der Waals surface area contributed by atoms with Gasteiger partial charge in [-0.1, -0.05) is 74.5 Å². The van der Waals surface area contributed by atoms with Gasteiger partial charge in [-0.15, -0.1) is 11.8 Å². The zero-order valence-electron chi connectivity index (χ0n) is 16.9. The van der Waals surface area contributed by atoms with Gasteiger partial charge in [-0.2, -0.15) is 0 Å². The van der Waals surface area contributed by atoms with E-state index in [2.05, 4.69) is 5.32 Å². The molecule has 0 bridgehead atoms. The van der Waals surface area contributed by atoms with Crippen molar-refractivity contribution in [3.05, 3.63) is 71.8 Å². The van der Waals surface area contributed by atoms with Crippen molar-refractivity contribution in [2.75, 3.05) is 0 Å². The van der Waals surface area contributed by atoms with Gasteiger partial charge in [-0.3, -0.25) is 5.32 Å². The topological polar surface area (TPSA) is 108 Å². The van der Waals surface area contributed by atoms with Crippen LogP contribution in [0.2, 0.25) is 0 Å². The number of ether oxygens (including phenoxy) is 2. The molecule has 0 aromatic heterocycles. The lowest BCUT2D eigenvalue weighted by molar-refractivity contribution is -0.160. The van der Waals surface area contributed by atoms with E-state index in [1.165, 1.54) is 0 Å². The molecule has 0 aliphatic heterocycles. The largest absolute Gasteiger partial charge is 0.445 e. The molecule has 1 amide bonds. The first kappa shape index (κ1) is 23.4. The number of carbonyl (C=O) groups is 3. The molecule has 2 atom stereocenters. The van der Waals surface area contributed by atoms with Crippen molar-refractivity contribution in [3.63, 3.8) is 0 Å². The summed E-state index contributed by atoms with van der Waals surface area (Å²) in [5.74, 6) is -1.74. The number of amides is 1. The zero-order chi connectivity index (χ0) is 21.9. The number of thioether (sulfide) groups is 1. The summed E-state index contributed by atoms with van der Waals surface area (Å²) in [6.45, 7) is 3.76. The summed E-state index contributed by atoms with van der Waals surface area (Å²) in [7, 11) is 0. The van der Waals surface area contributed by atoms with Crippen LogP contribution in [-0.2, 0) is 32.1 Å². The van der Waals surface area contributed by atoms with E-state index in [0.717, 1.165) is 22.9 Å². The molecule has 1 unspecified atom stereocenters. The summed E-state index contributed by atoms with van der Waals surface area (Å²) in [5.41, 5.74) is 7.53. The monoisotopic (exact) mass is 430 g/mol. The Morgan fingerprint density at radius 3 is 2.07 bits per heavy atom. The summed E-state index contributed by atoms with van der Waals surface area (Å²) in [6.07, 6.45) is -0.545. The minimum Gasteiger partial charge on any atom is -0.445 e. The van der Waals surface area contributed by atoms with E-state index >= 15 is 0 Å². The average Bonchev–Trinajstić information content (AvgIpc) is 2.73. The third kappa shape index (κ3) is 8.26. The van der Waals surface area contributed by atoms with E-state index in [1.807, 2.05) is 74.5 Å². The molecule has 0 radical (unpaired) electrons. The molecule has 0 aliphatic carbocycles. The van der Waals surface area contributed by atoms with Gasteiger partial charge in [-0.05, 0) is 17.5 Å². The van der Waals surface area contributed by atoms with Crippen molar-refractivity contribution in [1.82, 2.24) is 5.32 Å². The highest BCUT2D eigenvalue weighted by Crippen LogP contribution is 2.17. The molecule has 0 aliphatic rings. The SMILES string of the molecule is CC(C)SC(NC(=O)OCc1ccccc1)C(=O)OC(=O)[C@@H](N)Cc1ccccc1. The van der Waals surface area contributed by atoms with Crippen molar-refractivity contribution < 1.29 is 23.9 Å². The van der Waals surface area contributed by atoms with Gasteiger partial charge in [0.1, 0.15) is 12.6 Å². The van der Waals surface area contributed by atoms with Gasteiger partial charge < -0.3 is 15.2 Å². The number of nitrogens with two attached hydrogens (primary N) is 1. The second-order valence-corrected chi connectivity index (χ2v) is 8.49. The van der Waals surface area contributed by atoms with E-state index in [1.54, 1.807) is 0 Å². The van der Waals surface area contributed by atoms with Gasteiger partial charge in [0.15, 0.2) is 5.37 Å². The van der Waals surface area contributed by atoms with Crippen molar-refractivity contribution in [3.8, 4) is 0 Å². The molecule has 0 saturated heterocycles. The van der Waals surface area contributed by atoms with E-state index in [4.69, 9.17) is 15.2 Å². The normalized spacial score (nSPS) is 12.7. The fraction of sp³-hybridized carbons (Fsp3) is 0.318. The fourth-order valence-corrected chi connectivity index (χ4v) is 3.34. The molecule has 0 heterocycles. The lowest BCUT2D eigenvalue weighted by Crippen LogP contribution is -2.44. The quantitative estimate of drug-likeness (QED) is 0.358. The second-order valence-electron chi connectivity index (χ2n) is 6.81. The molecule has 8 heteroatoms. The summed E-state index contributed by atoms with van der Waals surface area (Å²) in [4.78, 5) is 36.8. The Kier molecular flexibility index (Phi) is 9.37. The summed E-state index contributed by atoms with van der Waals surface area (Å²) in [6, 6.07) is 17.3. The number of carbonyl (C=O) groups excluding carboxylic acids is 3. The van der Waals surface area contributed by atoms with Crippen LogP contribution < -0.4 is 11.1 Å². The molecule has 3 N–H and O–H groups in total. The number of nitrogens with one attached hydrogen (secondary N) is 1. The van der Waals surface area contributed by atoms with Crippen molar-refractivity contribution >= 4 is 29.8 Å². The Balaban J connectivity index is 1.90. The Bertz CT molecular complexity index is 830. The Hall–Kier alpha value is -2.84. The van der Waals surface area contributed by atoms with E-state index in [0.29, 0.717) is 0 Å². The van der Waals surface area contributed by atoms with Gasteiger partial charge in [0.25, 0.3) is 0 Å². The Labute approximate surface area is 180 Å². The van der Waals surface area contributed by atoms with Gasteiger partial charge in [0, 0.05) is 5.25 Å². The van der Waals surface area contributed by atoms with Crippen LogP contribution in [-0.4, -0.2) is 34.7 Å². The highest BCUT2D eigenvalue weighted by Gasteiger charge is 2.29. The third-order valence-corrected chi connectivity index (χ3v) is 5.01. The summed E-state index contributed by atoms with van der Waals surface area (Å²) in [5, 5.41) is 1.34. The molecule has 0 fully saturated rings. The van der Waals surface area contributed by atoms with Crippen molar-refractivity contribution in [2.24, 2.45) is 5.73 Å². The first-order valence-electron chi connectivity index (χ1n) is 9.53. The molecule has 30 heavy (non-hydrogen) atoms. The molecule has 0 spiro atoms. The average molecular weight is 431 g/mol. The van der Waals surface area contributed by atoms with Gasteiger partial charge in [0.05, 0.1) is 0 Å². The summed E-state index contributed by atoms with van der Waals surface area (Å²) < 4.78 is 10.1. The number of alkyl carbamates (subject to hydrolysis) is 1. The van der Waals surface area contributed by atoms with Crippen LogP contribution in [0.15, 0.2) is 60.7 Å². The number of benzene rings is 2. The third-order valence-electron chi connectivity index (χ3n) is 3.89. The lowest BCUT2D eigenvalue weighted by atomic mass is 10.1. The molecular weight excluding hydrogens is 404 g/mol. The fourth-order valence-electron chi connectivity index (χ4n) is 2.47. The van der Waals surface area contributed by atoms with Crippen LogP contribution in [0.1, 0.15) is 25.0 Å². The number of hydrogen-bond acceptors (Lipinski definition) is 7. The van der Waals surface area contributed by atoms with Crippen LogP contribution in [0.25, 0.3) is 0 Å². The minimum absolute atomic E-state index is 0.00920. The maximum Gasteiger partial charge on any atom is 0.408 e. The number of esters is 2. The maximum absolute atomic E-state index is 12.5. The molecule has 2 rings (SSSR count). The molecule has 7 nitrogen and oxygen atoms in total. The van der Waals surface area contributed by atoms with Crippen LogP contribution in [0, 0.1) is 0 Å². The van der Waals surface area contributed by atoms with Crippen LogP contribution in [0.5, 0.6) is 0 Å². The van der Waals surface area contributed by atoms with Crippen LogP contribution >= 0.6 is 11.8 Å². The maximum atomic E-state index is 12.5. The van der Waals surface area contributed by atoms with E-state index in [9.17, 15) is 14.4 Å². The molecular formula is C22H26N2O5S. The predicted octanol–water partition coefficient (Wildman–Crippen LogP) is 3.02. The number of hydrogen-bond donors (Lipinski definition) is 2. The van der Waals surface area contributed by atoms with Crippen molar-refractivity contribution in [1.29, 1.82) is 0 Å². The number of rotatable bonds is 9. The molecule has 2 aromatic rings. The Morgan fingerprint density at radius 2 is 1.50 bits per heavy atom. The first-order chi connectivity index (χ1) is 14.3. The van der Waals surface area contributed by atoms with Crippen LogP contribution in [0.3, 0.4) is 0 Å². The van der Waals surface area contributed by atoms with E-state index < -0.39 is 29.4 Å². The smallest absolute Gasteiger partial charge is 0.408 e. The Morgan fingerprint density at radius 1 is 0.933 bits per heavy atom. The highest BCUT2D eigenvalue weighted by atomic mass is 32.2. The highest BCUT2D eigenvalue weighted by molar-refractivity contribution is 8.01. The van der Waals surface area contributed by atoms with Gasteiger partial charge >= 0.3 is 18.0 Å². The predicted molar refractivity (Wildman–Crippen MR) is 115 cm³/mol. The summed E-state index contributed by atoms with van der Waals surface area (Å²) >= 11 is 1.14. The van der Waals surface area contributed by atoms with Gasteiger partial charge in [0.2, 0.25) is 0 Å². The molecule has 160 valence electrons. The standard InChI is InChI=1S/C22H26N2O5S/c1-15(2)30-19(24-22(27)28-14-17-11-7-4-8-12-17)21(26)29-20(25)18(23)13-16-9-5-3-6-10-16/h3-12,15,18-19H,13-14,23H2,1-2H3,(H,24,27)/t18-,19?/m0/s1. The second kappa shape index (κ2) is 12.0. The lowest BCUT2D eigenvalue weighted by Gasteiger charge is -2.19. The molecule has 2 aromatic carbocycles. The van der Waals surface area contributed by atoms with Gasteiger partial charge in [-0.25, -0.2) is 14.4 Å². The zero-order valence-corrected chi connectivity index (χ0v) is 17.8. The van der Waals surface area contributed by atoms with E-state index in [-0.39, 0.29) is 18.3 Å². The minimum atomic E-state index is -1.10.